The predicted octanol–water partition coefficient (Wildman–Crippen LogP) is 1.53. The van der Waals surface area contributed by atoms with E-state index in [1.54, 1.807) is 6.92 Å². The van der Waals surface area contributed by atoms with Gasteiger partial charge in [-0.15, -0.1) is 0 Å². The van der Waals surface area contributed by atoms with E-state index in [1.807, 2.05) is 4.90 Å². The number of halogens is 1. The Morgan fingerprint density at radius 1 is 1.19 bits per heavy atom. The molecule has 0 aliphatic carbocycles. The summed E-state index contributed by atoms with van der Waals surface area (Å²) in [5.74, 6) is -0.0452. The van der Waals surface area contributed by atoms with Crippen LogP contribution in [0.4, 0.5) is 0 Å². The Kier molecular flexibility index (Phi) is 5.40. The largest absolute Gasteiger partial charge is 0.379 e. The number of ether oxygens (including phenoxy) is 2. The van der Waals surface area contributed by atoms with E-state index in [0.29, 0.717) is 35.1 Å². The molecule has 0 spiro atoms. The summed E-state index contributed by atoms with van der Waals surface area (Å²) in [6, 6.07) is 0.955. The van der Waals surface area contributed by atoms with Gasteiger partial charge < -0.3 is 14.4 Å². The van der Waals surface area contributed by atoms with Gasteiger partial charge >= 0.3 is 0 Å². The number of nitrogens with zero attached hydrogens (tertiary/aromatic N) is 4. The van der Waals surface area contributed by atoms with E-state index < -0.39 is 0 Å². The third kappa shape index (κ3) is 3.45. The monoisotopic (exact) mass is 380 g/mol. The van der Waals surface area contributed by atoms with Gasteiger partial charge in [0.2, 0.25) is 0 Å². The molecule has 2 atom stereocenters. The third-order valence-electron chi connectivity index (χ3n) is 5.82. The number of morpholine rings is 1. The first-order valence-electron chi connectivity index (χ1n) is 9.36. The fourth-order valence-corrected chi connectivity index (χ4v) is 4.50. The molecule has 26 heavy (non-hydrogen) atoms. The Balaban J connectivity index is 1.39. The zero-order valence-corrected chi connectivity index (χ0v) is 15.8. The van der Waals surface area contributed by atoms with E-state index in [2.05, 4.69) is 14.9 Å². The zero-order valence-electron chi connectivity index (χ0n) is 15.1. The molecule has 3 aliphatic heterocycles. The number of piperidine rings is 1. The van der Waals surface area contributed by atoms with Crippen LogP contribution in [0.15, 0.2) is 6.33 Å². The molecule has 0 saturated carbocycles. The highest BCUT2D eigenvalue weighted by Crippen LogP contribution is 2.28. The van der Waals surface area contributed by atoms with E-state index >= 15 is 0 Å². The second-order valence-electron chi connectivity index (χ2n) is 7.24. The highest BCUT2D eigenvalue weighted by Gasteiger charge is 2.39. The fourth-order valence-electron chi connectivity index (χ4n) is 4.36. The number of likely N-dealkylation sites (tertiary alicyclic amines) is 1. The highest BCUT2D eigenvalue weighted by molar-refractivity contribution is 6.30. The van der Waals surface area contributed by atoms with E-state index in [9.17, 15) is 4.79 Å². The maximum Gasteiger partial charge on any atom is 0.272 e. The van der Waals surface area contributed by atoms with E-state index in [4.69, 9.17) is 21.1 Å². The smallest absolute Gasteiger partial charge is 0.272 e. The molecule has 3 saturated heterocycles. The molecule has 3 fully saturated rings. The quantitative estimate of drug-likeness (QED) is 0.725. The van der Waals surface area contributed by atoms with E-state index in [-0.39, 0.29) is 12.0 Å². The van der Waals surface area contributed by atoms with Crippen LogP contribution in [-0.4, -0.2) is 83.3 Å². The van der Waals surface area contributed by atoms with E-state index in [0.717, 1.165) is 52.1 Å². The summed E-state index contributed by atoms with van der Waals surface area (Å²) in [7, 11) is 0. The van der Waals surface area contributed by atoms with Gasteiger partial charge in [0.05, 0.1) is 19.3 Å². The van der Waals surface area contributed by atoms with Gasteiger partial charge in [0, 0.05) is 43.9 Å². The van der Waals surface area contributed by atoms with Gasteiger partial charge in [-0.25, -0.2) is 9.97 Å². The van der Waals surface area contributed by atoms with Crippen molar-refractivity contribution in [1.82, 2.24) is 19.8 Å². The van der Waals surface area contributed by atoms with Gasteiger partial charge in [-0.05, 0) is 26.2 Å². The molecule has 1 aromatic heterocycles. The number of hydrogen-bond acceptors (Lipinski definition) is 6. The Morgan fingerprint density at radius 3 is 2.81 bits per heavy atom. The van der Waals surface area contributed by atoms with Crippen LogP contribution in [-0.2, 0) is 9.47 Å². The molecule has 7 nitrogen and oxygen atoms in total. The number of carbonyl (C=O) groups is 1. The molecular formula is C18H25ClN4O3. The molecule has 0 aromatic carbocycles. The molecule has 0 radical (unpaired) electrons. The Bertz CT molecular complexity index is 664. The molecule has 142 valence electrons. The summed E-state index contributed by atoms with van der Waals surface area (Å²) < 4.78 is 11.5. The number of amides is 1. The number of fused-ring (bicyclic) bond motifs is 1. The van der Waals surface area contributed by atoms with Crippen LogP contribution in [0.1, 0.15) is 35.3 Å². The number of hydrogen-bond donors (Lipinski definition) is 0. The van der Waals surface area contributed by atoms with Gasteiger partial charge in [-0.1, -0.05) is 11.6 Å². The molecule has 0 bridgehead atoms. The maximum absolute atomic E-state index is 12.8. The van der Waals surface area contributed by atoms with Gasteiger partial charge in [0.15, 0.2) is 0 Å². The standard InChI is InChI=1S/C18H25ClN4O3/c1-12-16(20-11-21-17(12)19)18(24)22-5-2-13(3-6-22)23-7-9-26-15-10-25-8-4-14(15)23/h11,13-15H,2-10H2,1H3/t14-,15+/m0/s1. The maximum atomic E-state index is 12.8. The number of rotatable bonds is 2. The molecule has 4 heterocycles. The molecule has 3 aliphatic rings. The minimum Gasteiger partial charge on any atom is -0.379 e. The average Bonchev–Trinajstić information content (AvgIpc) is 2.69. The van der Waals surface area contributed by atoms with Crippen LogP contribution in [0.25, 0.3) is 0 Å². The lowest BCUT2D eigenvalue weighted by atomic mass is 9.95. The summed E-state index contributed by atoms with van der Waals surface area (Å²) in [5.41, 5.74) is 1.07. The first kappa shape index (κ1) is 18.1. The van der Waals surface area contributed by atoms with Crippen LogP contribution in [0.5, 0.6) is 0 Å². The van der Waals surface area contributed by atoms with Gasteiger partial charge in [0.25, 0.3) is 5.91 Å². The van der Waals surface area contributed by atoms with Crippen LogP contribution < -0.4 is 0 Å². The molecule has 4 rings (SSSR count). The van der Waals surface area contributed by atoms with Crippen molar-refractivity contribution in [3.63, 3.8) is 0 Å². The molecule has 8 heteroatoms. The lowest BCUT2D eigenvalue weighted by Crippen LogP contribution is -2.60. The molecule has 1 amide bonds. The van der Waals surface area contributed by atoms with Crippen molar-refractivity contribution in [2.75, 3.05) is 39.5 Å². The summed E-state index contributed by atoms with van der Waals surface area (Å²) in [4.78, 5) is 25.4. The van der Waals surface area contributed by atoms with E-state index in [1.165, 1.54) is 6.33 Å². The second-order valence-corrected chi connectivity index (χ2v) is 7.60. The summed E-state index contributed by atoms with van der Waals surface area (Å²) in [6.45, 7) is 6.54. The van der Waals surface area contributed by atoms with Gasteiger partial charge in [-0.3, -0.25) is 9.69 Å². The van der Waals surface area contributed by atoms with Crippen molar-refractivity contribution < 1.29 is 14.3 Å². The summed E-state index contributed by atoms with van der Waals surface area (Å²) in [6.07, 6.45) is 4.54. The SMILES string of the molecule is Cc1c(Cl)ncnc1C(=O)N1CCC(N2CCO[C@@H]3COCC[C@@H]32)CC1. The minimum absolute atomic E-state index is 0.0452. The lowest BCUT2D eigenvalue weighted by Gasteiger charge is -2.49. The van der Waals surface area contributed by atoms with Crippen molar-refractivity contribution in [1.29, 1.82) is 0 Å². The molecule has 0 N–H and O–H groups in total. The van der Waals surface area contributed by atoms with Crippen LogP contribution >= 0.6 is 11.6 Å². The normalized spacial score (nSPS) is 28.0. The Hall–Kier alpha value is -1.28. The Labute approximate surface area is 158 Å². The summed E-state index contributed by atoms with van der Waals surface area (Å²) in [5, 5.41) is 0.345. The van der Waals surface area contributed by atoms with Crippen LogP contribution in [0, 0.1) is 6.92 Å². The van der Waals surface area contributed by atoms with Crippen molar-refractivity contribution in [2.45, 2.75) is 44.4 Å². The first-order chi connectivity index (χ1) is 12.6. The summed E-state index contributed by atoms with van der Waals surface area (Å²) >= 11 is 6.04. The van der Waals surface area contributed by atoms with Crippen LogP contribution in [0.3, 0.4) is 0 Å². The van der Waals surface area contributed by atoms with Crippen molar-refractivity contribution in [3.8, 4) is 0 Å². The zero-order chi connectivity index (χ0) is 18.1. The predicted molar refractivity (Wildman–Crippen MR) is 96.4 cm³/mol. The van der Waals surface area contributed by atoms with Gasteiger partial charge in [0.1, 0.15) is 17.2 Å². The fraction of sp³-hybridized carbons (Fsp3) is 0.722. The molecule has 1 aromatic rings. The third-order valence-corrected chi connectivity index (χ3v) is 6.20. The minimum atomic E-state index is -0.0452. The average molecular weight is 381 g/mol. The number of carbonyl (C=O) groups excluding carboxylic acids is 1. The van der Waals surface area contributed by atoms with Crippen molar-refractivity contribution in [2.24, 2.45) is 0 Å². The van der Waals surface area contributed by atoms with Crippen molar-refractivity contribution in [3.05, 3.63) is 22.7 Å². The Morgan fingerprint density at radius 2 is 2.00 bits per heavy atom. The second kappa shape index (κ2) is 7.76. The first-order valence-corrected chi connectivity index (χ1v) is 9.74. The topological polar surface area (TPSA) is 67.8 Å². The lowest BCUT2D eigenvalue weighted by molar-refractivity contribution is -0.148. The number of aromatic nitrogens is 2. The molecule has 0 unspecified atom stereocenters. The van der Waals surface area contributed by atoms with Crippen LogP contribution in [0.2, 0.25) is 5.15 Å². The van der Waals surface area contributed by atoms with Crippen molar-refractivity contribution >= 4 is 17.5 Å². The highest BCUT2D eigenvalue weighted by atomic mass is 35.5. The van der Waals surface area contributed by atoms with Gasteiger partial charge in [-0.2, -0.15) is 0 Å². The molecular weight excluding hydrogens is 356 g/mol.